The SMILES string of the molecule is CC(C)(C)c1ccc(-c2cc(-c3ccc(C(C)(C)C)cc3)cc(-c3cc[c-]c(-c4ccccn4)c3)c2)cc1.CCCCCCCCc1c[c-]c(-c2ccccn2)cc1.CCCCCCc1ccc(-c2cc[c-]c(-c3ccccn3)c2)cc1.[Ir].[Ir].[Ir]. The molecule has 445 valence electrons. The van der Waals surface area contributed by atoms with Gasteiger partial charge in [-0.25, -0.2) is 0 Å². The fourth-order valence-corrected chi connectivity index (χ4v) is 10.1. The predicted octanol–water partition coefficient (Wildman–Crippen LogP) is 21.9. The van der Waals surface area contributed by atoms with Gasteiger partial charge in [0.2, 0.25) is 0 Å². The van der Waals surface area contributed by atoms with E-state index in [1.807, 2.05) is 85.3 Å². The van der Waals surface area contributed by atoms with Gasteiger partial charge in [0, 0.05) is 78.9 Å². The van der Waals surface area contributed by atoms with E-state index in [2.05, 4.69) is 222 Å². The second-order valence-electron chi connectivity index (χ2n) is 23.7. The van der Waals surface area contributed by atoms with Gasteiger partial charge < -0.3 is 15.0 Å². The van der Waals surface area contributed by atoms with Crippen molar-refractivity contribution < 1.29 is 60.3 Å². The molecule has 0 fully saturated rings. The first-order valence-electron chi connectivity index (χ1n) is 30.1. The second-order valence-corrected chi connectivity index (χ2v) is 23.7. The van der Waals surface area contributed by atoms with Crippen LogP contribution in [0.3, 0.4) is 0 Å². The summed E-state index contributed by atoms with van der Waals surface area (Å²) in [7, 11) is 0. The molecule has 3 heterocycles. The van der Waals surface area contributed by atoms with Gasteiger partial charge in [0.05, 0.1) is 0 Å². The van der Waals surface area contributed by atoms with E-state index in [0.717, 1.165) is 39.3 Å². The molecule has 0 N–H and O–H groups in total. The van der Waals surface area contributed by atoms with Crippen molar-refractivity contribution in [1.82, 2.24) is 15.0 Å². The van der Waals surface area contributed by atoms with Crippen molar-refractivity contribution in [2.45, 2.75) is 143 Å². The van der Waals surface area contributed by atoms with Gasteiger partial charge in [-0.15, -0.1) is 106 Å². The first kappa shape index (κ1) is 69.7. The Hall–Kier alpha value is -6.06. The third-order valence-corrected chi connectivity index (χ3v) is 15.2. The van der Waals surface area contributed by atoms with Gasteiger partial charge in [0.1, 0.15) is 0 Å². The molecule has 0 atom stereocenters. The third-order valence-electron chi connectivity index (χ3n) is 15.2. The number of pyridine rings is 3. The molecule has 3 aromatic heterocycles. The van der Waals surface area contributed by atoms with Gasteiger partial charge in [0.15, 0.2) is 0 Å². The van der Waals surface area contributed by atoms with Crippen molar-refractivity contribution in [3.63, 3.8) is 0 Å². The molecule has 0 unspecified atom stereocenters. The van der Waals surface area contributed by atoms with Crippen LogP contribution in [0.25, 0.3) is 78.3 Å². The molecule has 0 bridgehead atoms. The van der Waals surface area contributed by atoms with Crippen molar-refractivity contribution in [1.29, 1.82) is 0 Å². The summed E-state index contributed by atoms with van der Waals surface area (Å²) < 4.78 is 0. The molecule has 3 nitrogen and oxygen atoms in total. The third kappa shape index (κ3) is 21.7. The zero-order chi connectivity index (χ0) is 57.6. The number of aryl methyl sites for hydroxylation is 2. The number of benzene rings is 7. The molecule has 3 radical (unpaired) electrons. The van der Waals surface area contributed by atoms with Gasteiger partial charge in [-0.05, 0) is 127 Å². The van der Waals surface area contributed by atoms with Gasteiger partial charge in [0.25, 0.3) is 0 Å². The smallest absolute Gasteiger partial charge is 0.0160 e. The largest absolute Gasteiger partial charge is 0.305 e. The van der Waals surface area contributed by atoms with Crippen LogP contribution in [0.2, 0.25) is 0 Å². The number of rotatable bonds is 19. The van der Waals surface area contributed by atoms with E-state index in [1.54, 1.807) is 0 Å². The van der Waals surface area contributed by atoms with E-state index >= 15 is 0 Å². The molecular weight excluding hydrogens is 1570 g/mol. The Morgan fingerprint density at radius 1 is 0.318 bits per heavy atom. The van der Waals surface area contributed by atoms with E-state index in [9.17, 15) is 0 Å². The van der Waals surface area contributed by atoms with Gasteiger partial charge >= 0.3 is 0 Å². The predicted molar refractivity (Wildman–Crippen MR) is 350 cm³/mol. The summed E-state index contributed by atoms with van der Waals surface area (Å²) >= 11 is 0. The first-order chi connectivity index (χ1) is 39.8. The van der Waals surface area contributed by atoms with Crippen LogP contribution >= 0.6 is 0 Å². The van der Waals surface area contributed by atoms with Crippen LogP contribution in [-0.4, -0.2) is 15.0 Å². The summed E-state index contributed by atoms with van der Waals surface area (Å²) in [6, 6.07) is 81.0. The van der Waals surface area contributed by atoms with E-state index < -0.39 is 0 Å². The number of hydrogen-bond donors (Lipinski definition) is 0. The van der Waals surface area contributed by atoms with Crippen LogP contribution in [0.4, 0.5) is 0 Å². The minimum absolute atomic E-state index is 0. The van der Waals surface area contributed by atoms with Crippen LogP contribution in [0.1, 0.15) is 142 Å². The summed E-state index contributed by atoms with van der Waals surface area (Å²) in [5, 5.41) is 0. The van der Waals surface area contributed by atoms with Crippen molar-refractivity contribution in [3.8, 4) is 78.3 Å². The average Bonchev–Trinajstić information content (AvgIpc) is 3.12. The van der Waals surface area contributed by atoms with Crippen molar-refractivity contribution in [3.05, 3.63) is 259 Å². The Bertz CT molecular complexity index is 3380. The minimum atomic E-state index is 0. The summed E-state index contributed by atoms with van der Waals surface area (Å²) in [4.78, 5) is 13.3. The number of aromatic nitrogens is 3. The van der Waals surface area contributed by atoms with Crippen LogP contribution in [-0.2, 0) is 84.0 Å². The number of nitrogens with zero attached hydrogens (tertiary/aromatic N) is 3. The Morgan fingerprint density at radius 3 is 1.09 bits per heavy atom. The van der Waals surface area contributed by atoms with Gasteiger partial charge in [-0.3, -0.25) is 0 Å². The average molecular weight is 1650 g/mol. The molecule has 0 aliphatic rings. The number of hydrogen-bond acceptors (Lipinski definition) is 3. The molecule has 0 saturated carbocycles. The maximum atomic E-state index is 4.54. The van der Waals surface area contributed by atoms with Crippen LogP contribution in [0.15, 0.2) is 219 Å². The minimum Gasteiger partial charge on any atom is -0.305 e. The second kappa shape index (κ2) is 35.5. The quantitative estimate of drug-likeness (QED) is 0.0598. The van der Waals surface area contributed by atoms with E-state index in [4.69, 9.17) is 0 Å². The maximum Gasteiger partial charge on any atom is 0.0160 e. The van der Waals surface area contributed by atoms with Crippen LogP contribution in [0.5, 0.6) is 0 Å². The molecule has 85 heavy (non-hydrogen) atoms. The molecule has 7 aromatic carbocycles. The Labute approximate surface area is 551 Å². The fraction of sp³-hybridized carbons (Fsp3) is 0.278. The molecule has 0 saturated heterocycles. The van der Waals surface area contributed by atoms with E-state index in [0.29, 0.717) is 0 Å². The van der Waals surface area contributed by atoms with Crippen molar-refractivity contribution in [2.75, 3.05) is 0 Å². The maximum absolute atomic E-state index is 4.54. The molecule has 0 aliphatic carbocycles. The standard InChI is InChI=1S/C37H36N.C23H24N.C19H24N.3Ir/c1-36(2,3)33-17-13-26(14-18-33)30-23-31(27-15-19-34(20-16-27)37(4,5)6)25-32(24-30)28-10-9-11-29(22-28)35-12-7-8-21-38-35;1-2-3-4-5-9-19-13-15-20(16-14-19)21-10-8-11-22(18-21)23-12-6-7-17-24-23;1-2-3-4-5-6-7-10-17-12-14-18(15-13-17)19-11-8-9-16-20-19;;;/h7-10,12-25H,1-6H3;6-8,10,12-18H,2-5,9H2,1H3;8-9,11-14,16H,2-7,10H2,1H3;;;/q3*-1;;;. The molecule has 10 aromatic rings. The first-order valence-corrected chi connectivity index (χ1v) is 30.1. The van der Waals surface area contributed by atoms with E-state index in [1.165, 1.54) is 138 Å². The van der Waals surface area contributed by atoms with Crippen LogP contribution < -0.4 is 0 Å². The summed E-state index contributed by atoms with van der Waals surface area (Å²) in [5.41, 5.74) is 21.4. The van der Waals surface area contributed by atoms with Gasteiger partial charge in [-0.2, -0.15) is 0 Å². The Balaban J connectivity index is 0.000000244. The zero-order valence-electron chi connectivity index (χ0n) is 51.1. The van der Waals surface area contributed by atoms with Crippen molar-refractivity contribution in [2.24, 2.45) is 0 Å². The molecule has 0 amide bonds. The fourth-order valence-electron chi connectivity index (χ4n) is 10.1. The van der Waals surface area contributed by atoms with Crippen LogP contribution in [0, 0.1) is 18.2 Å². The van der Waals surface area contributed by atoms with Gasteiger partial charge in [-0.1, -0.05) is 229 Å². The summed E-state index contributed by atoms with van der Waals surface area (Å²) in [5.74, 6) is 0. The summed E-state index contributed by atoms with van der Waals surface area (Å²) in [6.07, 6.45) is 21.2. The molecule has 10 rings (SSSR count). The topological polar surface area (TPSA) is 38.7 Å². The Morgan fingerprint density at radius 2 is 0.682 bits per heavy atom. The zero-order valence-corrected chi connectivity index (χ0v) is 58.3. The Kier molecular flexibility index (Phi) is 29.1. The molecule has 0 spiro atoms. The van der Waals surface area contributed by atoms with E-state index in [-0.39, 0.29) is 71.1 Å². The molecular formula is C79H84Ir3N3-3. The molecule has 6 heteroatoms. The number of unbranched alkanes of at least 4 members (excludes halogenated alkanes) is 8. The monoisotopic (exact) mass is 1650 g/mol. The molecule has 0 aliphatic heterocycles. The normalized spacial score (nSPS) is 10.9. The summed E-state index contributed by atoms with van der Waals surface area (Å²) in [6.45, 7) is 18.1. The van der Waals surface area contributed by atoms with Crippen molar-refractivity contribution >= 4 is 0 Å².